The van der Waals surface area contributed by atoms with E-state index in [4.69, 9.17) is 4.74 Å². The zero-order chi connectivity index (χ0) is 15.5. The predicted molar refractivity (Wildman–Crippen MR) is 78.6 cm³/mol. The van der Waals surface area contributed by atoms with Crippen molar-refractivity contribution in [2.75, 3.05) is 13.1 Å². The highest BCUT2D eigenvalue weighted by Gasteiger charge is 2.28. The number of hydrogen-bond donors (Lipinski definition) is 2. The summed E-state index contributed by atoms with van der Waals surface area (Å²) in [6, 6.07) is 3.32. The molecule has 2 saturated heterocycles. The second kappa shape index (κ2) is 6.31. The fraction of sp³-hybridized carbons (Fsp3) is 0.533. The first-order valence-electron chi connectivity index (χ1n) is 7.57. The zero-order valence-corrected chi connectivity index (χ0v) is 12.2. The summed E-state index contributed by atoms with van der Waals surface area (Å²) in [7, 11) is 0. The van der Waals surface area contributed by atoms with Gasteiger partial charge in [-0.3, -0.25) is 19.7 Å². The smallest absolute Gasteiger partial charge is 0.267 e. The molecule has 7 nitrogen and oxygen atoms in total. The van der Waals surface area contributed by atoms with E-state index in [1.165, 1.54) is 6.07 Å². The van der Waals surface area contributed by atoms with E-state index in [0.29, 0.717) is 12.2 Å². The Morgan fingerprint density at radius 2 is 1.91 bits per heavy atom. The number of pyridine rings is 1. The summed E-state index contributed by atoms with van der Waals surface area (Å²) >= 11 is 0. The summed E-state index contributed by atoms with van der Waals surface area (Å²) in [4.78, 5) is 35.0. The fourth-order valence-corrected chi connectivity index (χ4v) is 2.88. The molecule has 22 heavy (non-hydrogen) atoms. The van der Waals surface area contributed by atoms with Crippen molar-refractivity contribution in [2.24, 2.45) is 0 Å². The van der Waals surface area contributed by atoms with Gasteiger partial charge in [-0.05, 0) is 32.0 Å². The molecule has 2 amide bonds. The monoisotopic (exact) mass is 305 g/mol. The van der Waals surface area contributed by atoms with Crippen molar-refractivity contribution in [2.45, 2.75) is 37.8 Å². The van der Waals surface area contributed by atoms with Crippen molar-refractivity contribution in [3.63, 3.8) is 0 Å². The first-order valence-corrected chi connectivity index (χ1v) is 7.57. The van der Waals surface area contributed by atoms with Gasteiger partial charge in [0.05, 0.1) is 0 Å². The van der Waals surface area contributed by atoms with E-state index in [0.717, 1.165) is 25.9 Å². The molecule has 2 N–H and O–H groups in total. The van der Waals surface area contributed by atoms with E-state index in [2.05, 4.69) is 10.6 Å². The van der Waals surface area contributed by atoms with Crippen LogP contribution in [0.3, 0.4) is 0 Å². The van der Waals surface area contributed by atoms with Gasteiger partial charge in [0.2, 0.25) is 5.91 Å². The van der Waals surface area contributed by atoms with Gasteiger partial charge in [-0.15, -0.1) is 0 Å². The number of rotatable bonds is 3. The first-order chi connectivity index (χ1) is 10.6. The van der Waals surface area contributed by atoms with Crippen molar-refractivity contribution in [3.05, 3.63) is 28.7 Å². The summed E-state index contributed by atoms with van der Waals surface area (Å²) in [5.41, 5.74) is -0.128. The Morgan fingerprint density at radius 1 is 1.14 bits per heavy atom. The molecule has 0 radical (unpaired) electrons. The lowest BCUT2D eigenvalue weighted by molar-refractivity contribution is -0.138. The molecule has 1 aromatic heterocycles. The largest absolute Gasteiger partial charge is 0.480 e. The van der Waals surface area contributed by atoms with E-state index in [-0.39, 0.29) is 23.9 Å². The third kappa shape index (κ3) is 3.19. The van der Waals surface area contributed by atoms with Crippen LogP contribution in [0.4, 0.5) is 0 Å². The standard InChI is InChI=1S/C15H19N3O4/c19-13-2-1-12(15(21)17-13)22-11-5-8-18(14(20)9-11)10-3-6-16-7-4-10/h5,8-10,12,16H,1-4,6-7H2,(H,17,19,21)/t12-/m0/s1. The van der Waals surface area contributed by atoms with Crippen molar-refractivity contribution >= 4 is 11.8 Å². The number of piperidine rings is 2. The number of ether oxygens (including phenoxy) is 1. The van der Waals surface area contributed by atoms with E-state index < -0.39 is 12.0 Å². The summed E-state index contributed by atoms with van der Waals surface area (Å²) in [6.07, 6.45) is 3.44. The Bertz CT molecular complexity index is 634. The van der Waals surface area contributed by atoms with E-state index >= 15 is 0 Å². The molecule has 118 valence electrons. The molecule has 0 aliphatic carbocycles. The predicted octanol–water partition coefficient (Wildman–Crippen LogP) is -0.0432. The summed E-state index contributed by atoms with van der Waals surface area (Å²) < 4.78 is 7.27. The molecule has 0 spiro atoms. The van der Waals surface area contributed by atoms with Crippen molar-refractivity contribution in [1.82, 2.24) is 15.2 Å². The number of nitrogens with one attached hydrogen (secondary N) is 2. The summed E-state index contributed by atoms with van der Waals surface area (Å²) in [5.74, 6) is -0.366. The van der Waals surface area contributed by atoms with Crippen LogP contribution in [0.1, 0.15) is 31.7 Å². The number of carbonyl (C=O) groups is 2. The van der Waals surface area contributed by atoms with Crippen LogP contribution < -0.4 is 20.9 Å². The van der Waals surface area contributed by atoms with Gasteiger partial charge < -0.3 is 14.6 Å². The van der Waals surface area contributed by atoms with Gasteiger partial charge >= 0.3 is 0 Å². The Labute approximate surface area is 127 Å². The minimum Gasteiger partial charge on any atom is -0.480 e. The van der Waals surface area contributed by atoms with Crippen LogP contribution in [-0.2, 0) is 9.59 Å². The molecular formula is C15H19N3O4. The van der Waals surface area contributed by atoms with Crippen LogP contribution in [0.5, 0.6) is 5.75 Å². The normalized spacial score (nSPS) is 23.2. The first kappa shape index (κ1) is 14.8. The third-order valence-electron chi connectivity index (χ3n) is 4.09. The number of carbonyl (C=O) groups excluding carboxylic acids is 2. The Morgan fingerprint density at radius 3 is 2.59 bits per heavy atom. The summed E-state index contributed by atoms with van der Waals surface area (Å²) in [5, 5.41) is 5.50. The van der Waals surface area contributed by atoms with Gasteiger partial charge in [-0.25, -0.2) is 0 Å². The van der Waals surface area contributed by atoms with Crippen molar-refractivity contribution in [3.8, 4) is 5.75 Å². The van der Waals surface area contributed by atoms with Crippen LogP contribution in [0.2, 0.25) is 0 Å². The van der Waals surface area contributed by atoms with Gasteiger partial charge in [0.25, 0.3) is 11.5 Å². The minimum atomic E-state index is -0.716. The third-order valence-corrected chi connectivity index (χ3v) is 4.09. The van der Waals surface area contributed by atoms with Crippen molar-refractivity contribution in [1.29, 1.82) is 0 Å². The van der Waals surface area contributed by atoms with Crippen LogP contribution in [0.15, 0.2) is 23.1 Å². The van der Waals surface area contributed by atoms with Crippen LogP contribution in [0.25, 0.3) is 0 Å². The van der Waals surface area contributed by atoms with E-state index in [1.807, 2.05) is 0 Å². The second-order valence-electron chi connectivity index (χ2n) is 5.65. The molecule has 7 heteroatoms. The average molecular weight is 305 g/mol. The van der Waals surface area contributed by atoms with Crippen LogP contribution >= 0.6 is 0 Å². The Kier molecular flexibility index (Phi) is 4.24. The van der Waals surface area contributed by atoms with Gasteiger partial charge in [-0.1, -0.05) is 0 Å². The molecule has 1 atom stereocenters. The van der Waals surface area contributed by atoms with Crippen molar-refractivity contribution < 1.29 is 14.3 Å². The molecule has 3 rings (SSSR count). The lowest BCUT2D eigenvalue weighted by Gasteiger charge is -2.25. The lowest BCUT2D eigenvalue weighted by atomic mass is 10.1. The molecule has 1 aromatic rings. The number of imide groups is 1. The highest BCUT2D eigenvalue weighted by atomic mass is 16.5. The maximum absolute atomic E-state index is 12.2. The molecule has 0 aromatic carbocycles. The molecule has 0 saturated carbocycles. The molecule has 2 fully saturated rings. The fourth-order valence-electron chi connectivity index (χ4n) is 2.88. The number of hydrogen-bond acceptors (Lipinski definition) is 5. The highest BCUT2D eigenvalue weighted by Crippen LogP contribution is 2.19. The Balaban J connectivity index is 1.70. The van der Waals surface area contributed by atoms with Gasteiger partial charge in [-0.2, -0.15) is 0 Å². The lowest BCUT2D eigenvalue weighted by Crippen LogP contribution is -2.46. The second-order valence-corrected chi connectivity index (χ2v) is 5.65. The minimum absolute atomic E-state index is 0.128. The van der Waals surface area contributed by atoms with E-state index in [1.54, 1.807) is 16.8 Å². The SMILES string of the molecule is O=C1CC[C@H](Oc2ccn(C3CCNCC3)c(=O)c2)C(=O)N1. The molecule has 0 bridgehead atoms. The Hall–Kier alpha value is -2.15. The average Bonchev–Trinajstić information content (AvgIpc) is 2.51. The quantitative estimate of drug-likeness (QED) is 0.765. The van der Waals surface area contributed by atoms with Gasteiger partial charge in [0, 0.05) is 31.1 Å². The molecule has 2 aliphatic rings. The molecule has 2 aliphatic heterocycles. The number of amides is 2. The van der Waals surface area contributed by atoms with Gasteiger partial charge in [0.15, 0.2) is 6.10 Å². The van der Waals surface area contributed by atoms with E-state index in [9.17, 15) is 14.4 Å². The molecular weight excluding hydrogens is 286 g/mol. The molecule has 3 heterocycles. The number of nitrogens with zero attached hydrogens (tertiary/aromatic N) is 1. The maximum Gasteiger partial charge on any atom is 0.267 e. The van der Waals surface area contributed by atoms with Crippen LogP contribution in [0, 0.1) is 0 Å². The highest BCUT2D eigenvalue weighted by molar-refractivity contribution is 5.99. The van der Waals surface area contributed by atoms with Gasteiger partial charge in [0.1, 0.15) is 5.75 Å². The topological polar surface area (TPSA) is 89.4 Å². The van der Waals surface area contributed by atoms with Crippen LogP contribution in [-0.4, -0.2) is 35.6 Å². The maximum atomic E-state index is 12.2. The zero-order valence-electron chi connectivity index (χ0n) is 12.2. The molecule has 0 unspecified atom stereocenters. The number of aromatic nitrogens is 1. The summed E-state index contributed by atoms with van der Waals surface area (Å²) in [6.45, 7) is 1.82.